The molecule has 0 amide bonds. The minimum absolute atomic E-state index is 0. The first-order chi connectivity index (χ1) is 8.54. The molecule has 0 radical (unpaired) electrons. The third kappa shape index (κ3) is 4.45. The Bertz CT molecular complexity index is 432. The number of nitro groups is 1. The fourth-order valence-electron chi connectivity index (χ4n) is 2.60. The topological polar surface area (TPSA) is 58.4 Å². The first-order valence-electron chi connectivity index (χ1n) is 6.26. The van der Waals surface area contributed by atoms with E-state index in [4.69, 9.17) is 0 Å². The molecule has 1 saturated heterocycles. The Morgan fingerprint density at radius 3 is 2.58 bits per heavy atom. The zero-order valence-corrected chi connectivity index (χ0v) is 12.0. The Hall–Kier alpha value is -1.17. The number of hydrogen-bond donors (Lipinski definition) is 1. The van der Waals surface area contributed by atoms with E-state index >= 15 is 0 Å². The predicted molar refractivity (Wildman–Crippen MR) is 77.7 cm³/mol. The van der Waals surface area contributed by atoms with Crippen LogP contribution in [0.2, 0.25) is 0 Å². The van der Waals surface area contributed by atoms with E-state index in [1.54, 1.807) is 12.1 Å². The highest BCUT2D eigenvalue weighted by molar-refractivity contribution is 5.85. The van der Waals surface area contributed by atoms with Gasteiger partial charge in [0.1, 0.15) is 0 Å². The van der Waals surface area contributed by atoms with E-state index in [0.717, 1.165) is 25.2 Å². The lowest BCUT2D eigenvalue weighted by Gasteiger charge is -2.36. The van der Waals surface area contributed by atoms with Gasteiger partial charge in [0.25, 0.3) is 5.69 Å². The molecule has 6 heteroatoms. The van der Waals surface area contributed by atoms with Gasteiger partial charge in [-0.25, -0.2) is 0 Å². The third-order valence-electron chi connectivity index (χ3n) is 3.16. The van der Waals surface area contributed by atoms with E-state index in [9.17, 15) is 10.1 Å². The molecule has 19 heavy (non-hydrogen) atoms. The molecule has 2 atom stereocenters. The van der Waals surface area contributed by atoms with Crippen LogP contribution in [0.15, 0.2) is 24.3 Å². The van der Waals surface area contributed by atoms with E-state index in [1.165, 1.54) is 6.07 Å². The van der Waals surface area contributed by atoms with E-state index in [-0.39, 0.29) is 23.0 Å². The Labute approximate surface area is 119 Å². The van der Waals surface area contributed by atoms with Crippen LogP contribution in [-0.2, 0) is 6.54 Å². The van der Waals surface area contributed by atoms with Crippen LogP contribution < -0.4 is 5.32 Å². The molecule has 1 aromatic carbocycles. The summed E-state index contributed by atoms with van der Waals surface area (Å²) in [5.74, 6) is 0. The number of nitrogens with zero attached hydrogens (tertiary/aromatic N) is 2. The molecule has 0 aliphatic carbocycles. The lowest BCUT2D eigenvalue weighted by molar-refractivity contribution is -0.384. The molecule has 2 unspecified atom stereocenters. The fraction of sp³-hybridized carbons (Fsp3) is 0.538. The molecule has 0 saturated carbocycles. The highest BCUT2D eigenvalue weighted by Gasteiger charge is 2.21. The molecular weight excluding hydrogens is 266 g/mol. The number of nitrogens with one attached hydrogen (secondary N) is 1. The van der Waals surface area contributed by atoms with Crippen LogP contribution in [0.3, 0.4) is 0 Å². The van der Waals surface area contributed by atoms with E-state index in [2.05, 4.69) is 24.1 Å². The maximum Gasteiger partial charge on any atom is 0.269 e. The number of piperazine rings is 1. The van der Waals surface area contributed by atoms with Crippen molar-refractivity contribution in [1.29, 1.82) is 0 Å². The van der Waals surface area contributed by atoms with Crippen LogP contribution in [0.5, 0.6) is 0 Å². The van der Waals surface area contributed by atoms with Crippen LogP contribution in [0.4, 0.5) is 5.69 Å². The molecule has 106 valence electrons. The summed E-state index contributed by atoms with van der Waals surface area (Å²) < 4.78 is 0. The number of halogens is 1. The van der Waals surface area contributed by atoms with Crippen LogP contribution in [-0.4, -0.2) is 35.0 Å². The van der Waals surface area contributed by atoms with Gasteiger partial charge < -0.3 is 5.32 Å². The molecule has 1 aliphatic heterocycles. The summed E-state index contributed by atoms with van der Waals surface area (Å²) in [6.07, 6.45) is 0. The highest BCUT2D eigenvalue weighted by atomic mass is 35.5. The van der Waals surface area contributed by atoms with Gasteiger partial charge in [-0.15, -0.1) is 12.4 Å². The van der Waals surface area contributed by atoms with Gasteiger partial charge >= 0.3 is 0 Å². The smallest absolute Gasteiger partial charge is 0.269 e. The number of nitro benzene ring substituents is 1. The van der Waals surface area contributed by atoms with Gasteiger partial charge in [-0.2, -0.15) is 0 Å². The van der Waals surface area contributed by atoms with Crippen LogP contribution in [0.1, 0.15) is 19.4 Å². The Balaban J connectivity index is 0.00000180. The molecule has 1 heterocycles. The lowest BCUT2D eigenvalue weighted by atomic mass is 10.1. The van der Waals surface area contributed by atoms with Crippen molar-refractivity contribution in [2.24, 2.45) is 0 Å². The highest BCUT2D eigenvalue weighted by Crippen LogP contribution is 2.16. The van der Waals surface area contributed by atoms with Gasteiger partial charge in [-0.3, -0.25) is 15.0 Å². The summed E-state index contributed by atoms with van der Waals surface area (Å²) in [7, 11) is 0. The van der Waals surface area contributed by atoms with Gasteiger partial charge in [0.05, 0.1) is 4.92 Å². The van der Waals surface area contributed by atoms with E-state index < -0.39 is 0 Å². The Morgan fingerprint density at radius 1 is 1.37 bits per heavy atom. The van der Waals surface area contributed by atoms with Crippen molar-refractivity contribution in [3.05, 3.63) is 39.9 Å². The SMILES string of the molecule is CC1CN(Cc2cccc([N+](=O)[O-])c2)CC(C)N1.Cl. The number of non-ortho nitro benzene ring substituents is 1. The van der Waals surface area contributed by atoms with Gasteiger partial charge in [-0.1, -0.05) is 12.1 Å². The second-order valence-corrected chi connectivity index (χ2v) is 5.09. The molecule has 2 rings (SSSR count). The summed E-state index contributed by atoms with van der Waals surface area (Å²) in [6.45, 7) is 7.06. The molecule has 0 spiro atoms. The molecule has 0 bridgehead atoms. The molecule has 1 N–H and O–H groups in total. The van der Waals surface area contributed by atoms with Crippen LogP contribution >= 0.6 is 12.4 Å². The minimum atomic E-state index is -0.341. The predicted octanol–water partition coefficient (Wildman–Crippen LogP) is 2.20. The van der Waals surface area contributed by atoms with Gasteiger partial charge in [0.15, 0.2) is 0 Å². The quantitative estimate of drug-likeness (QED) is 0.683. The molecule has 0 aromatic heterocycles. The van der Waals surface area contributed by atoms with Crippen molar-refractivity contribution < 1.29 is 4.92 Å². The van der Waals surface area contributed by atoms with Gasteiger partial charge in [0.2, 0.25) is 0 Å². The van der Waals surface area contributed by atoms with Crippen LogP contribution in [0, 0.1) is 10.1 Å². The zero-order valence-electron chi connectivity index (χ0n) is 11.2. The average molecular weight is 286 g/mol. The maximum atomic E-state index is 10.7. The first-order valence-corrected chi connectivity index (χ1v) is 6.26. The number of hydrogen-bond acceptors (Lipinski definition) is 4. The first kappa shape index (κ1) is 15.9. The van der Waals surface area contributed by atoms with Gasteiger partial charge in [-0.05, 0) is 19.4 Å². The van der Waals surface area contributed by atoms with Crippen molar-refractivity contribution in [3.63, 3.8) is 0 Å². The van der Waals surface area contributed by atoms with E-state index in [1.807, 2.05) is 6.07 Å². The molecule has 5 nitrogen and oxygen atoms in total. The summed E-state index contributed by atoms with van der Waals surface area (Å²) in [4.78, 5) is 12.7. The number of rotatable bonds is 3. The standard InChI is InChI=1S/C13H19N3O2.ClH/c1-10-7-15(8-11(2)14-10)9-12-4-3-5-13(6-12)16(17)18;/h3-6,10-11,14H,7-9H2,1-2H3;1H. The zero-order chi connectivity index (χ0) is 13.1. The number of benzene rings is 1. The largest absolute Gasteiger partial charge is 0.309 e. The Kier molecular flexibility index (Phi) is 5.72. The molecule has 1 aromatic rings. The Morgan fingerprint density at radius 2 is 2.00 bits per heavy atom. The van der Waals surface area contributed by atoms with Crippen molar-refractivity contribution in [3.8, 4) is 0 Å². The summed E-state index contributed by atoms with van der Waals surface area (Å²) in [5.41, 5.74) is 1.18. The lowest BCUT2D eigenvalue weighted by Crippen LogP contribution is -2.53. The van der Waals surface area contributed by atoms with E-state index in [0.29, 0.717) is 12.1 Å². The minimum Gasteiger partial charge on any atom is -0.309 e. The van der Waals surface area contributed by atoms with Crippen molar-refractivity contribution in [1.82, 2.24) is 10.2 Å². The summed E-state index contributed by atoms with van der Waals surface area (Å²) in [6, 6.07) is 7.83. The molecule has 1 fully saturated rings. The maximum absolute atomic E-state index is 10.7. The van der Waals surface area contributed by atoms with Crippen molar-refractivity contribution >= 4 is 18.1 Å². The fourth-order valence-corrected chi connectivity index (χ4v) is 2.60. The summed E-state index contributed by atoms with van der Waals surface area (Å²) in [5, 5.41) is 14.2. The van der Waals surface area contributed by atoms with Crippen molar-refractivity contribution in [2.45, 2.75) is 32.5 Å². The molecular formula is C13H20ClN3O2. The summed E-state index contributed by atoms with van der Waals surface area (Å²) >= 11 is 0. The van der Waals surface area contributed by atoms with Crippen LogP contribution in [0.25, 0.3) is 0 Å². The molecule has 1 aliphatic rings. The average Bonchev–Trinajstić information content (AvgIpc) is 2.27. The van der Waals surface area contributed by atoms with Crippen molar-refractivity contribution in [2.75, 3.05) is 13.1 Å². The van der Waals surface area contributed by atoms with Gasteiger partial charge in [0, 0.05) is 43.9 Å². The second kappa shape index (κ2) is 6.84. The second-order valence-electron chi connectivity index (χ2n) is 5.09. The monoisotopic (exact) mass is 285 g/mol. The third-order valence-corrected chi connectivity index (χ3v) is 3.16. The normalized spacial score (nSPS) is 23.7.